The first kappa shape index (κ1) is 33.7. The Morgan fingerprint density at radius 3 is 1.53 bits per heavy atom. The molecule has 0 bridgehead atoms. The van der Waals surface area contributed by atoms with Crippen molar-refractivity contribution in [1.82, 2.24) is 19.9 Å². The molecule has 0 spiro atoms. The van der Waals surface area contributed by atoms with Gasteiger partial charge in [-0.3, -0.25) is 19.2 Å². The van der Waals surface area contributed by atoms with Gasteiger partial charge >= 0.3 is 0 Å². The van der Waals surface area contributed by atoms with E-state index in [2.05, 4.69) is 30.6 Å². The predicted octanol–water partition coefficient (Wildman–Crippen LogP) is 4.05. The number of carbonyl (C=O) groups is 2. The van der Waals surface area contributed by atoms with E-state index in [4.69, 9.17) is 0 Å². The Morgan fingerprint density at radius 1 is 0.711 bits per heavy atom. The Kier molecular flexibility index (Phi) is 11.7. The Morgan fingerprint density at radius 2 is 1.13 bits per heavy atom. The molecule has 12 nitrogen and oxygen atoms in total. The molecule has 0 saturated heterocycles. The van der Waals surface area contributed by atoms with Crippen molar-refractivity contribution >= 4 is 56.6 Å². The molecule has 45 heavy (non-hydrogen) atoms. The molecule has 2 aromatic carbocycles. The molecular formula is C30H32N6O6S3. The molecule has 0 saturated carbocycles. The summed E-state index contributed by atoms with van der Waals surface area (Å²) in [6.07, 6.45) is 2.95. The summed E-state index contributed by atoms with van der Waals surface area (Å²) in [5.74, 6) is -0.911. The van der Waals surface area contributed by atoms with Crippen LogP contribution in [-0.4, -0.2) is 51.7 Å². The van der Waals surface area contributed by atoms with Crippen LogP contribution in [0.15, 0.2) is 90.4 Å². The van der Waals surface area contributed by atoms with Crippen molar-refractivity contribution < 1.29 is 18.0 Å². The molecule has 0 aliphatic carbocycles. The third kappa shape index (κ3) is 9.89. The normalized spacial score (nSPS) is 11.2. The zero-order chi connectivity index (χ0) is 32.4. The Hall–Kier alpha value is -4.21. The maximum atomic E-state index is 13.4. The fraction of sp³-hybridized carbons (Fsp3) is 0.267. The highest BCUT2D eigenvalue weighted by Crippen LogP contribution is 2.26. The van der Waals surface area contributed by atoms with Crippen LogP contribution in [0, 0.1) is 0 Å². The van der Waals surface area contributed by atoms with E-state index in [9.17, 15) is 27.6 Å². The number of nitrogens with one attached hydrogen (secondary N) is 4. The number of nitrogens with zero attached hydrogens (tertiary/aromatic N) is 2. The number of hydrogen-bond acceptors (Lipinski definition) is 10. The van der Waals surface area contributed by atoms with E-state index in [-0.39, 0.29) is 43.8 Å². The third-order valence-corrected chi connectivity index (χ3v) is 9.59. The number of aromatic amines is 2. The van der Waals surface area contributed by atoms with Gasteiger partial charge in [0.1, 0.15) is 0 Å². The summed E-state index contributed by atoms with van der Waals surface area (Å²) in [5.41, 5.74) is 1.26. The number of aryl methyl sites for hydroxylation is 2. The number of rotatable bonds is 14. The maximum Gasteiger partial charge on any atom is 0.251 e. The van der Waals surface area contributed by atoms with Crippen LogP contribution in [0.3, 0.4) is 0 Å². The van der Waals surface area contributed by atoms with Gasteiger partial charge in [-0.15, -0.1) is 0 Å². The average Bonchev–Trinajstić information content (AvgIpc) is 2.99. The Labute approximate surface area is 268 Å². The van der Waals surface area contributed by atoms with E-state index in [0.717, 1.165) is 36.4 Å². The smallest absolute Gasteiger partial charge is 0.251 e. The second-order valence-electron chi connectivity index (χ2n) is 9.82. The highest BCUT2D eigenvalue weighted by atomic mass is 32.2. The number of anilines is 2. The SMILES string of the molecule is CCCc1cc(=O)[nH]c(SCC(=O)Nc2cccc(S(=O)(=O)c3cccc(NC(=O)CSc4nc(CCC)cc(=O)[nH]4)c3)c2)n1. The molecule has 2 aromatic heterocycles. The first-order chi connectivity index (χ1) is 21.5. The van der Waals surface area contributed by atoms with E-state index in [0.29, 0.717) is 34.5 Å². The maximum absolute atomic E-state index is 13.4. The predicted molar refractivity (Wildman–Crippen MR) is 175 cm³/mol. The van der Waals surface area contributed by atoms with Gasteiger partial charge in [-0.25, -0.2) is 18.4 Å². The zero-order valence-electron chi connectivity index (χ0n) is 24.6. The van der Waals surface area contributed by atoms with Crippen molar-refractivity contribution in [3.8, 4) is 0 Å². The van der Waals surface area contributed by atoms with Crippen molar-refractivity contribution in [3.63, 3.8) is 0 Å². The molecule has 2 heterocycles. The summed E-state index contributed by atoms with van der Waals surface area (Å²) < 4.78 is 26.9. The highest BCUT2D eigenvalue weighted by molar-refractivity contribution is 8.00. The average molecular weight is 669 g/mol. The third-order valence-electron chi connectivity index (χ3n) is 6.09. The monoisotopic (exact) mass is 668 g/mol. The fourth-order valence-electron chi connectivity index (χ4n) is 4.15. The van der Waals surface area contributed by atoms with Gasteiger partial charge in [-0.05, 0) is 49.2 Å². The lowest BCUT2D eigenvalue weighted by Gasteiger charge is -2.10. The summed E-state index contributed by atoms with van der Waals surface area (Å²) in [7, 11) is -4.01. The molecule has 15 heteroatoms. The minimum atomic E-state index is -4.01. The van der Waals surface area contributed by atoms with Crippen molar-refractivity contribution in [3.05, 3.63) is 92.8 Å². The summed E-state index contributed by atoms with van der Waals surface area (Å²) >= 11 is 2.14. The highest BCUT2D eigenvalue weighted by Gasteiger charge is 2.19. The Bertz CT molecular complexity index is 1780. The molecule has 0 aliphatic rings. The van der Waals surface area contributed by atoms with Gasteiger partial charge in [0.2, 0.25) is 21.7 Å². The molecule has 0 radical (unpaired) electrons. The second-order valence-corrected chi connectivity index (χ2v) is 13.7. The Balaban J connectivity index is 1.38. The number of hydrogen-bond donors (Lipinski definition) is 4. The number of carbonyl (C=O) groups excluding carboxylic acids is 2. The number of thioether (sulfide) groups is 2. The quantitative estimate of drug-likeness (QED) is 0.113. The minimum absolute atomic E-state index is 0.0489. The van der Waals surface area contributed by atoms with Gasteiger partial charge in [-0.1, -0.05) is 62.3 Å². The van der Waals surface area contributed by atoms with Crippen molar-refractivity contribution in [2.75, 3.05) is 22.1 Å². The number of aromatic nitrogens is 4. The lowest BCUT2D eigenvalue weighted by molar-refractivity contribution is -0.114. The van der Waals surface area contributed by atoms with E-state index >= 15 is 0 Å². The minimum Gasteiger partial charge on any atom is -0.325 e. The van der Waals surface area contributed by atoms with Gasteiger partial charge in [0.25, 0.3) is 11.1 Å². The molecule has 0 fully saturated rings. The summed E-state index contributed by atoms with van der Waals surface area (Å²) in [6, 6.07) is 14.5. The van der Waals surface area contributed by atoms with E-state index < -0.39 is 21.7 Å². The largest absolute Gasteiger partial charge is 0.325 e. The molecule has 0 unspecified atom stereocenters. The van der Waals surface area contributed by atoms with Crippen LogP contribution < -0.4 is 21.8 Å². The summed E-state index contributed by atoms with van der Waals surface area (Å²) in [6.45, 7) is 3.95. The lowest BCUT2D eigenvalue weighted by Crippen LogP contribution is -2.16. The summed E-state index contributed by atoms with van der Waals surface area (Å²) in [4.78, 5) is 62.7. The number of benzene rings is 2. The molecule has 236 valence electrons. The number of H-pyrrole nitrogens is 2. The van der Waals surface area contributed by atoms with E-state index in [1.54, 1.807) is 12.1 Å². The van der Waals surface area contributed by atoms with Gasteiger partial charge < -0.3 is 20.6 Å². The van der Waals surface area contributed by atoms with Crippen LogP contribution in [0.2, 0.25) is 0 Å². The van der Waals surface area contributed by atoms with E-state index in [1.807, 2.05) is 13.8 Å². The van der Waals surface area contributed by atoms with Crippen molar-refractivity contribution in [2.24, 2.45) is 0 Å². The molecule has 4 N–H and O–H groups in total. The van der Waals surface area contributed by atoms with Crippen molar-refractivity contribution in [2.45, 2.75) is 59.6 Å². The summed E-state index contributed by atoms with van der Waals surface area (Å²) in [5, 5.41) is 6.02. The van der Waals surface area contributed by atoms with Crippen LogP contribution in [0.25, 0.3) is 0 Å². The molecular weight excluding hydrogens is 637 g/mol. The first-order valence-electron chi connectivity index (χ1n) is 14.1. The molecule has 0 aliphatic heterocycles. The number of sulfone groups is 1. The zero-order valence-corrected chi connectivity index (χ0v) is 27.0. The van der Waals surface area contributed by atoms with Crippen LogP contribution >= 0.6 is 23.5 Å². The van der Waals surface area contributed by atoms with Crippen molar-refractivity contribution in [1.29, 1.82) is 0 Å². The van der Waals surface area contributed by atoms with Crippen LogP contribution in [0.1, 0.15) is 38.1 Å². The molecule has 2 amide bonds. The van der Waals surface area contributed by atoms with Gasteiger partial charge in [0.15, 0.2) is 10.3 Å². The topological polar surface area (TPSA) is 184 Å². The van der Waals surface area contributed by atoms with E-state index in [1.165, 1.54) is 48.5 Å². The number of amides is 2. The second kappa shape index (κ2) is 15.7. The van der Waals surface area contributed by atoms with Crippen LogP contribution in [0.4, 0.5) is 11.4 Å². The lowest BCUT2D eigenvalue weighted by atomic mass is 10.2. The van der Waals surface area contributed by atoms with Gasteiger partial charge in [-0.2, -0.15) is 0 Å². The van der Waals surface area contributed by atoms with Gasteiger partial charge in [0.05, 0.1) is 21.3 Å². The van der Waals surface area contributed by atoms with Crippen LogP contribution in [0.5, 0.6) is 0 Å². The molecule has 4 aromatic rings. The molecule has 0 atom stereocenters. The standard InChI is InChI=1S/C30H32N6O6S3/c1-3-7-19-15-25(37)35-29(33-19)43-17-27(39)31-21-9-5-11-23(13-21)45(41,42)24-12-6-10-22(14-24)32-28(40)18-44-30-34-20(8-4-2)16-26(38)36-30/h5-6,9-16H,3-4,7-8,17-18H2,1-2H3,(H,31,39)(H,32,40)(H,33,35,37)(H,34,36,38). The first-order valence-corrected chi connectivity index (χ1v) is 17.5. The van der Waals surface area contributed by atoms with Crippen LogP contribution in [-0.2, 0) is 32.3 Å². The fourth-order valence-corrected chi connectivity index (χ4v) is 6.89. The molecule has 4 rings (SSSR count). The van der Waals surface area contributed by atoms with Gasteiger partial charge in [0, 0.05) is 34.9 Å².